The molecule has 0 bridgehead atoms. The van der Waals surface area contributed by atoms with Crippen LogP contribution < -0.4 is 10.6 Å². The highest BCUT2D eigenvalue weighted by atomic mass is 32.2. The van der Waals surface area contributed by atoms with Gasteiger partial charge in [-0.3, -0.25) is 9.89 Å². The normalized spacial score (nSPS) is 12.0. The minimum atomic E-state index is -0.0602. The standard InChI is InChI=1S/C21H25N5OS/c1-15(2)19(25-18-6-4-3-5-7-18)12-22-20(27)17-10-8-16(9-11-17)13-28-21-23-14-24-26-21/h3-11,14-15,19,25H,12-13H2,1-2H3,(H,22,27)(H,23,24,26). The molecule has 0 aliphatic carbocycles. The highest BCUT2D eigenvalue weighted by Gasteiger charge is 2.15. The second-order valence-corrected chi connectivity index (χ2v) is 7.81. The molecule has 3 rings (SSSR count). The summed E-state index contributed by atoms with van der Waals surface area (Å²) in [5.74, 6) is 1.10. The third kappa shape index (κ3) is 5.85. The van der Waals surface area contributed by atoms with Crippen molar-refractivity contribution < 1.29 is 4.79 Å². The Bertz CT molecular complexity index is 850. The number of H-pyrrole nitrogens is 1. The van der Waals surface area contributed by atoms with Gasteiger partial charge in [0.25, 0.3) is 5.91 Å². The van der Waals surface area contributed by atoms with Crippen molar-refractivity contribution >= 4 is 23.4 Å². The molecule has 1 aromatic heterocycles. The maximum Gasteiger partial charge on any atom is 0.251 e. The molecular weight excluding hydrogens is 370 g/mol. The highest BCUT2D eigenvalue weighted by Crippen LogP contribution is 2.18. The molecule has 0 spiro atoms. The van der Waals surface area contributed by atoms with Gasteiger partial charge >= 0.3 is 0 Å². The first-order chi connectivity index (χ1) is 13.6. The number of carbonyl (C=O) groups is 1. The lowest BCUT2D eigenvalue weighted by atomic mass is 10.0. The van der Waals surface area contributed by atoms with E-state index in [4.69, 9.17) is 0 Å². The SMILES string of the molecule is CC(C)C(CNC(=O)c1ccc(CSc2ncn[nH]2)cc1)Nc1ccccc1. The first-order valence-electron chi connectivity index (χ1n) is 9.28. The van der Waals surface area contributed by atoms with Crippen LogP contribution in [0.5, 0.6) is 0 Å². The Morgan fingerprint density at radius 3 is 2.50 bits per heavy atom. The van der Waals surface area contributed by atoms with Crippen LogP contribution in [-0.4, -0.2) is 33.7 Å². The van der Waals surface area contributed by atoms with Crippen LogP contribution in [0, 0.1) is 5.92 Å². The van der Waals surface area contributed by atoms with Gasteiger partial charge in [-0.25, -0.2) is 4.98 Å². The van der Waals surface area contributed by atoms with Gasteiger partial charge in [0.1, 0.15) is 6.33 Å². The van der Waals surface area contributed by atoms with Crippen molar-refractivity contribution in [2.75, 3.05) is 11.9 Å². The van der Waals surface area contributed by atoms with Gasteiger partial charge in [-0.05, 0) is 35.7 Å². The number of aromatic nitrogens is 3. The Balaban J connectivity index is 1.51. The molecule has 0 saturated heterocycles. The molecule has 28 heavy (non-hydrogen) atoms. The van der Waals surface area contributed by atoms with Gasteiger partial charge in [0.05, 0.1) is 0 Å². The zero-order valence-electron chi connectivity index (χ0n) is 16.1. The fourth-order valence-corrected chi connectivity index (χ4v) is 3.41. The van der Waals surface area contributed by atoms with Gasteiger partial charge in [-0.1, -0.05) is 55.9 Å². The Labute approximate surface area is 169 Å². The molecule has 1 unspecified atom stereocenters. The average molecular weight is 396 g/mol. The molecule has 1 amide bonds. The number of hydrogen-bond acceptors (Lipinski definition) is 5. The summed E-state index contributed by atoms with van der Waals surface area (Å²) in [4.78, 5) is 16.6. The molecule has 0 aliphatic heterocycles. The predicted octanol–water partition coefficient (Wildman–Crippen LogP) is 3.96. The minimum absolute atomic E-state index is 0.0602. The summed E-state index contributed by atoms with van der Waals surface area (Å²) >= 11 is 1.57. The van der Waals surface area contributed by atoms with E-state index in [1.165, 1.54) is 6.33 Å². The van der Waals surface area contributed by atoms with Crippen molar-refractivity contribution in [3.8, 4) is 0 Å². The van der Waals surface area contributed by atoms with Crippen molar-refractivity contribution in [1.29, 1.82) is 0 Å². The van der Waals surface area contributed by atoms with Gasteiger partial charge in [0.2, 0.25) is 0 Å². The van der Waals surface area contributed by atoms with Gasteiger partial charge in [-0.15, -0.1) is 0 Å². The Morgan fingerprint density at radius 1 is 1.11 bits per heavy atom. The number of nitrogens with one attached hydrogen (secondary N) is 3. The van der Waals surface area contributed by atoms with Crippen LogP contribution in [-0.2, 0) is 5.75 Å². The van der Waals surface area contributed by atoms with Crippen LogP contribution in [0.15, 0.2) is 66.1 Å². The van der Waals surface area contributed by atoms with E-state index < -0.39 is 0 Å². The highest BCUT2D eigenvalue weighted by molar-refractivity contribution is 7.98. The smallest absolute Gasteiger partial charge is 0.251 e. The van der Waals surface area contributed by atoms with Crippen LogP contribution in [0.25, 0.3) is 0 Å². The number of aromatic amines is 1. The van der Waals surface area contributed by atoms with E-state index >= 15 is 0 Å². The van der Waals surface area contributed by atoms with Gasteiger partial charge in [-0.2, -0.15) is 5.10 Å². The van der Waals surface area contributed by atoms with Crippen LogP contribution in [0.2, 0.25) is 0 Å². The number of rotatable bonds is 9. The third-order valence-corrected chi connectivity index (χ3v) is 5.35. The molecule has 1 atom stereocenters. The van der Waals surface area contributed by atoms with E-state index in [1.54, 1.807) is 11.8 Å². The summed E-state index contributed by atoms with van der Waals surface area (Å²) in [6, 6.07) is 17.9. The van der Waals surface area contributed by atoms with E-state index in [9.17, 15) is 4.79 Å². The summed E-state index contributed by atoms with van der Waals surface area (Å²) in [5.41, 5.74) is 2.85. The maximum absolute atomic E-state index is 12.5. The van der Waals surface area contributed by atoms with Crippen molar-refractivity contribution in [2.24, 2.45) is 5.92 Å². The largest absolute Gasteiger partial charge is 0.380 e. The summed E-state index contributed by atoms with van der Waals surface area (Å²) in [6.45, 7) is 4.86. The second kappa shape index (κ2) is 9.94. The van der Waals surface area contributed by atoms with E-state index in [0.29, 0.717) is 18.0 Å². The molecule has 1 heterocycles. The summed E-state index contributed by atoms with van der Waals surface area (Å²) in [7, 11) is 0. The molecule has 0 radical (unpaired) electrons. The molecule has 0 fully saturated rings. The lowest BCUT2D eigenvalue weighted by molar-refractivity contribution is 0.0950. The van der Waals surface area contributed by atoms with Gasteiger partial charge in [0.15, 0.2) is 5.16 Å². The van der Waals surface area contributed by atoms with Crippen molar-refractivity contribution in [3.05, 3.63) is 72.1 Å². The van der Waals surface area contributed by atoms with Crippen LogP contribution in [0.1, 0.15) is 29.8 Å². The molecule has 3 N–H and O–H groups in total. The Morgan fingerprint density at radius 2 is 1.86 bits per heavy atom. The summed E-state index contributed by atoms with van der Waals surface area (Å²) in [6.07, 6.45) is 1.49. The average Bonchev–Trinajstić information content (AvgIpc) is 3.24. The van der Waals surface area contributed by atoms with Crippen LogP contribution in [0.3, 0.4) is 0 Å². The summed E-state index contributed by atoms with van der Waals surface area (Å²) in [5, 5.41) is 14.0. The Hall–Kier alpha value is -2.80. The molecule has 6 nitrogen and oxygen atoms in total. The van der Waals surface area contributed by atoms with E-state index in [2.05, 4.69) is 39.7 Å². The quantitative estimate of drug-likeness (QED) is 0.478. The first kappa shape index (κ1) is 19.9. The number of benzene rings is 2. The van der Waals surface area contributed by atoms with Crippen LogP contribution in [0.4, 0.5) is 5.69 Å². The predicted molar refractivity (Wildman–Crippen MR) is 113 cm³/mol. The van der Waals surface area contributed by atoms with Crippen molar-refractivity contribution in [2.45, 2.75) is 30.8 Å². The molecule has 0 saturated carbocycles. The molecule has 146 valence electrons. The number of hydrogen-bond donors (Lipinski definition) is 3. The second-order valence-electron chi connectivity index (χ2n) is 6.85. The zero-order valence-corrected chi connectivity index (χ0v) is 16.9. The molecule has 3 aromatic rings. The number of nitrogens with zero attached hydrogens (tertiary/aromatic N) is 2. The minimum Gasteiger partial charge on any atom is -0.380 e. The number of amides is 1. The van der Waals surface area contributed by atoms with Gasteiger partial charge < -0.3 is 10.6 Å². The topological polar surface area (TPSA) is 82.7 Å². The third-order valence-electron chi connectivity index (χ3n) is 4.40. The number of para-hydroxylation sites is 1. The molecule has 2 aromatic carbocycles. The van der Waals surface area contributed by atoms with E-state index in [1.807, 2.05) is 54.6 Å². The lowest BCUT2D eigenvalue weighted by Crippen LogP contribution is -2.39. The van der Waals surface area contributed by atoms with Crippen LogP contribution >= 0.6 is 11.8 Å². The van der Waals surface area contributed by atoms with E-state index in [-0.39, 0.29) is 11.9 Å². The van der Waals surface area contributed by atoms with Crippen molar-refractivity contribution in [1.82, 2.24) is 20.5 Å². The zero-order chi connectivity index (χ0) is 19.8. The molecule has 0 aliphatic rings. The van der Waals surface area contributed by atoms with Crippen molar-refractivity contribution in [3.63, 3.8) is 0 Å². The van der Waals surface area contributed by atoms with E-state index in [0.717, 1.165) is 22.2 Å². The fraction of sp³-hybridized carbons (Fsp3) is 0.286. The fourth-order valence-electron chi connectivity index (χ4n) is 2.67. The molecule has 7 heteroatoms. The monoisotopic (exact) mass is 395 g/mol. The Kier molecular flexibility index (Phi) is 7.08. The number of thioether (sulfide) groups is 1. The van der Waals surface area contributed by atoms with Gasteiger partial charge in [0, 0.05) is 29.6 Å². The number of anilines is 1. The maximum atomic E-state index is 12.5. The lowest BCUT2D eigenvalue weighted by Gasteiger charge is -2.24. The summed E-state index contributed by atoms with van der Waals surface area (Å²) < 4.78 is 0. The number of carbonyl (C=O) groups excluding carboxylic acids is 1. The first-order valence-corrected chi connectivity index (χ1v) is 10.3. The molecular formula is C21H25N5OS.